The SMILES string of the molecule is C=CCCOc1ccccc1NN.Cl. The Morgan fingerprint density at radius 3 is 2.79 bits per heavy atom. The molecule has 1 rings (SSSR count). The van der Waals surface area contributed by atoms with Crippen LogP contribution in [0.25, 0.3) is 0 Å². The lowest BCUT2D eigenvalue weighted by molar-refractivity contribution is 0.326. The zero-order chi connectivity index (χ0) is 9.52. The molecule has 0 aliphatic heterocycles. The molecule has 0 spiro atoms. The van der Waals surface area contributed by atoms with E-state index in [1.54, 1.807) is 0 Å². The zero-order valence-electron chi connectivity index (χ0n) is 7.90. The summed E-state index contributed by atoms with van der Waals surface area (Å²) in [4.78, 5) is 0. The van der Waals surface area contributed by atoms with Gasteiger partial charge in [-0.25, -0.2) is 0 Å². The van der Waals surface area contributed by atoms with E-state index >= 15 is 0 Å². The third-order valence-electron chi connectivity index (χ3n) is 1.62. The molecule has 0 bridgehead atoms. The number of nitrogens with two attached hydrogens (primary N) is 1. The summed E-state index contributed by atoms with van der Waals surface area (Å²) >= 11 is 0. The average Bonchev–Trinajstić information content (AvgIpc) is 2.19. The van der Waals surface area contributed by atoms with Crippen LogP contribution >= 0.6 is 12.4 Å². The minimum absolute atomic E-state index is 0. The first-order chi connectivity index (χ1) is 6.38. The molecule has 0 fully saturated rings. The van der Waals surface area contributed by atoms with E-state index in [0.29, 0.717) is 6.61 Å². The predicted octanol–water partition coefficient (Wildman–Crippen LogP) is 2.35. The summed E-state index contributed by atoms with van der Waals surface area (Å²) in [7, 11) is 0. The van der Waals surface area contributed by atoms with Crippen LogP contribution in [-0.4, -0.2) is 6.61 Å². The zero-order valence-corrected chi connectivity index (χ0v) is 8.72. The molecule has 78 valence electrons. The molecule has 0 saturated heterocycles. The van der Waals surface area contributed by atoms with Crippen LogP contribution < -0.4 is 16.0 Å². The summed E-state index contributed by atoms with van der Waals surface area (Å²) in [6, 6.07) is 7.54. The number of nitrogen functional groups attached to an aromatic ring is 1. The number of hydrogen-bond acceptors (Lipinski definition) is 3. The normalized spacial score (nSPS) is 8.64. The molecule has 14 heavy (non-hydrogen) atoms. The maximum absolute atomic E-state index is 5.45. The molecule has 0 radical (unpaired) electrons. The number of hydrazine groups is 1. The van der Waals surface area contributed by atoms with Crippen molar-refractivity contribution in [3.8, 4) is 5.75 Å². The van der Waals surface area contributed by atoms with E-state index in [1.165, 1.54) is 0 Å². The Balaban J connectivity index is 0.00000169. The van der Waals surface area contributed by atoms with E-state index in [2.05, 4.69) is 12.0 Å². The van der Waals surface area contributed by atoms with Gasteiger partial charge in [-0.3, -0.25) is 5.84 Å². The fourth-order valence-electron chi connectivity index (χ4n) is 0.964. The molecular formula is C10H15ClN2O. The monoisotopic (exact) mass is 214 g/mol. The standard InChI is InChI=1S/C10H14N2O.ClH/c1-2-3-8-13-10-7-5-4-6-9(10)12-11;/h2,4-7,12H,1,3,8,11H2;1H. The number of halogens is 1. The van der Waals surface area contributed by atoms with Crippen LogP contribution in [0.1, 0.15) is 6.42 Å². The fraction of sp³-hybridized carbons (Fsp3) is 0.200. The van der Waals surface area contributed by atoms with Gasteiger partial charge in [0.05, 0.1) is 12.3 Å². The molecule has 0 aromatic heterocycles. The van der Waals surface area contributed by atoms with Crippen molar-refractivity contribution in [3.05, 3.63) is 36.9 Å². The van der Waals surface area contributed by atoms with Crippen LogP contribution in [0.2, 0.25) is 0 Å². The second-order valence-corrected chi connectivity index (χ2v) is 2.57. The summed E-state index contributed by atoms with van der Waals surface area (Å²) < 4.78 is 5.45. The van der Waals surface area contributed by atoms with Gasteiger partial charge >= 0.3 is 0 Å². The number of benzene rings is 1. The van der Waals surface area contributed by atoms with E-state index in [4.69, 9.17) is 10.6 Å². The van der Waals surface area contributed by atoms with Gasteiger partial charge in [0, 0.05) is 0 Å². The predicted molar refractivity (Wildman–Crippen MR) is 61.8 cm³/mol. The Morgan fingerprint density at radius 2 is 2.14 bits per heavy atom. The minimum Gasteiger partial charge on any atom is -0.491 e. The Bertz CT molecular complexity index is 279. The van der Waals surface area contributed by atoms with Crippen LogP contribution in [0.15, 0.2) is 36.9 Å². The second-order valence-electron chi connectivity index (χ2n) is 2.57. The van der Waals surface area contributed by atoms with Gasteiger partial charge in [-0.1, -0.05) is 18.2 Å². The van der Waals surface area contributed by atoms with Gasteiger partial charge in [-0.05, 0) is 18.6 Å². The van der Waals surface area contributed by atoms with E-state index in [9.17, 15) is 0 Å². The van der Waals surface area contributed by atoms with Crippen molar-refractivity contribution in [2.75, 3.05) is 12.0 Å². The number of nitrogens with one attached hydrogen (secondary N) is 1. The highest BCUT2D eigenvalue weighted by molar-refractivity contribution is 5.85. The van der Waals surface area contributed by atoms with Crippen molar-refractivity contribution in [2.45, 2.75) is 6.42 Å². The van der Waals surface area contributed by atoms with Crippen LogP contribution in [0.3, 0.4) is 0 Å². The minimum atomic E-state index is 0. The van der Waals surface area contributed by atoms with Gasteiger partial charge in [0.2, 0.25) is 0 Å². The largest absolute Gasteiger partial charge is 0.491 e. The molecule has 3 N–H and O–H groups in total. The van der Waals surface area contributed by atoms with E-state index in [0.717, 1.165) is 17.9 Å². The summed E-state index contributed by atoms with van der Waals surface area (Å²) in [5.74, 6) is 6.07. The maximum atomic E-state index is 5.45. The van der Waals surface area contributed by atoms with Gasteiger partial charge in [0.15, 0.2) is 0 Å². The van der Waals surface area contributed by atoms with Crippen molar-refractivity contribution >= 4 is 18.1 Å². The smallest absolute Gasteiger partial charge is 0.143 e. The van der Waals surface area contributed by atoms with Crippen LogP contribution in [0.5, 0.6) is 5.75 Å². The Labute approximate surface area is 90.3 Å². The van der Waals surface area contributed by atoms with Crippen molar-refractivity contribution in [2.24, 2.45) is 5.84 Å². The third kappa shape index (κ3) is 3.68. The maximum Gasteiger partial charge on any atom is 0.143 e. The van der Waals surface area contributed by atoms with E-state index in [-0.39, 0.29) is 12.4 Å². The van der Waals surface area contributed by atoms with Crippen molar-refractivity contribution in [1.29, 1.82) is 0 Å². The topological polar surface area (TPSA) is 47.3 Å². The third-order valence-corrected chi connectivity index (χ3v) is 1.62. The summed E-state index contributed by atoms with van der Waals surface area (Å²) in [5.41, 5.74) is 3.37. The number of rotatable bonds is 5. The van der Waals surface area contributed by atoms with Crippen molar-refractivity contribution in [3.63, 3.8) is 0 Å². The number of anilines is 1. The van der Waals surface area contributed by atoms with Crippen molar-refractivity contribution < 1.29 is 4.74 Å². The molecule has 0 aliphatic rings. The number of hydrogen-bond donors (Lipinski definition) is 2. The first-order valence-electron chi connectivity index (χ1n) is 4.18. The average molecular weight is 215 g/mol. The van der Waals surface area contributed by atoms with Gasteiger partial charge < -0.3 is 10.2 Å². The molecule has 0 aliphatic carbocycles. The van der Waals surface area contributed by atoms with E-state index < -0.39 is 0 Å². The van der Waals surface area contributed by atoms with Gasteiger partial charge in [-0.2, -0.15) is 0 Å². The Morgan fingerprint density at radius 1 is 1.43 bits per heavy atom. The highest BCUT2D eigenvalue weighted by atomic mass is 35.5. The van der Waals surface area contributed by atoms with Crippen molar-refractivity contribution in [1.82, 2.24) is 0 Å². The molecule has 0 unspecified atom stereocenters. The van der Waals surface area contributed by atoms with Gasteiger partial charge in [-0.15, -0.1) is 19.0 Å². The highest BCUT2D eigenvalue weighted by Crippen LogP contribution is 2.22. The first-order valence-corrected chi connectivity index (χ1v) is 4.18. The van der Waals surface area contributed by atoms with Gasteiger partial charge in [0.25, 0.3) is 0 Å². The highest BCUT2D eigenvalue weighted by Gasteiger charge is 1.98. The Kier molecular flexibility index (Phi) is 6.62. The lowest BCUT2D eigenvalue weighted by Crippen LogP contribution is -2.08. The van der Waals surface area contributed by atoms with Crippen LogP contribution in [0.4, 0.5) is 5.69 Å². The lowest BCUT2D eigenvalue weighted by Gasteiger charge is -2.09. The number of para-hydroxylation sites is 2. The molecule has 1 aromatic rings. The second kappa shape index (κ2) is 7.24. The molecule has 0 saturated carbocycles. The molecule has 0 heterocycles. The summed E-state index contributed by atoms with van der Waals surface area (Å²) in [5, 5.41) is 0. The molecule has 3 nitrogen and oxygen atoms in total. The quantitative estimate of drug-likeness (QED) is 0.342. The molecule has 4 heteroatoms. The fourth-order valence-corrected chi connectivity index (χ4v) is 0.964. The molecule has 0 atom stereocenters. The Hall–Kier alpha value is -1.19. The molecule has 1 aromatic carbocycles. The van der Waals surface area contributed by atoms with E-state index in [1.807, 2.05) is 30.3 Å². The van der Waals surface area contributed by atoms with Crippen LogP contribution in [-0.2, 0) is 0 Å². The summed E-state index contributed by atoms with van der Waals surface area (Å²) in [6.45, 7) is 4.24. The van der Waals surface area contributed by atoms with Crippen LogP contribution in [0, 0.1) is 0 Å². The lowest BCUT2D eigenvalue weighted by atomic mass is 10.3. The molecule has 0 amide bonds. The van der Waals surface area contributed by atoms with Gasteiger partial charge in [0.1, 0.15) is 5.75 Å². The number of ether oxygens (including phenoxy) is 1. The first kappa shape index (κ1) is 12.8. The molecular weight excluding hydrogens is 200 g/mol. The summed E-state index contributed by atoms with van der Waals surface area (Å²) in [6.07, 6.45) is 2.65.